The molecule has 6 nitrogen and oxygen atoms in total. The molecule has 8 heteroatoms. The molecule has 2 aromatic rings. The van der Waals surface area contributed by atoms with Crippen molar-refractivity contribution in [3.8, 4) is 0 Å². The molecule has 1 heterocycles. The average Bonchev–Trinajstić information content (AvgIpc) is 2.93. The van der Waals surface area contributed by atoms with Crippen molar-refractivity contribution in [1.82, 2.24) is 14.8 Å². The monoisotopic (exact) mass is 410 g/mol. The molecule has 0 aliphatic rings. The summed E-state index contributed by atoms with van der Waals surface area (Å²) in [4.78, 5) is 12.0. The molecule has 1 aromatic heterocycles. The largest absolute Gasteiger partial charge is 0.377 e. The highest BCUT2D eigenvalue weighted by atomic mass is 79.9. The predicted molar refractivity (Wildman–Crippen MR) is 99.0 cm³/mol. The van der Waals surface area contributed by atoms with Crippen LogP contribution in [0.25, 0.3) is 0 Å². The number of para-hydroxylation sites is 1. The van der Waals surface area contributed by atoms with Crippen molar-refractivity contribution in [3.63, 3.8) is 0 Å². The van der Waals surface area contributed by atoms with Crippen molar-refractivity contribution in [3.05, 3.63) is 47.2 Å². The number of carbonyl (C=O) groups is 1. The van der Waals surface area contributed by atoms with Crippen molar-refractivity contribution in [1.29, 1.82) is 0 Å². The number of methoxy groups -OCH3 is 1. The van der Waals surface area contributed by atoms with E-state index in [0.717, 1.165) is 21.1 Å². The Hall–Kier alpha value is -1.64. The van der Waals surface area contributed by atoms with E-state index in [2.05, 4.69) is 38.0 Å². The van der Waals surface area contributed by atoms with Gasteiger partial charge in [0.2, 0.25) is 5.91 Å². The molecule has 1 amide bonds. The van der Waals surface area contributed by atoms with Crippen LogP contribution < -0.4 is 5.32 Å². The number of allylic oxidation sites excluding steroid dienone is 1. The number of ether oxygens (including phenoxy) is 1. The minimum atomic E-state index is -0.0405. The zero-order valence-corrected chi connectivity index (χ0v) is 15.8. The number of benzene rings is 1. The summed E-state index contributed by atoms with van der Waals surface area (Å²) in [6.45, 7) is 4.75. The Morgan fingerprint density at radius 3 is 2.96 bits per heavy atom. The molecule has 0 aliphatic carbocycles. The van der Waals surface area contributed by atoms with E-state index in [1.165, 1.54) is 11.8 Å². The van der Waals surface area contributed by atoms with Gasteiger partial charge in [0.15, 0.2) is 11.0 Å². The Kier molecular flexibility index (Phi) is 7.48. The van der Waals surface area contributed by atoms with E-state index in [1.54, 1.807) is 13.2 Å². The normalized spacial score (nSPS) is 10.6. The fourth-order valence-electron chi connectivity index (χ4n) is 1.98. The minimum Gasteiger partial charge on any atom is -0.377 e. The van der Waals surface area contributed by atoms with Gasteiger partial charge in [-0.05, 0) is 28.1 Å². The molecule has 0 radical (unpaired) electrons. The van der Waals surface area contributed by atoms with Gasteiger partial charge >= 0.3 is 0 Å². The third-order valence-electron chi connectivity index (χ3n) is 3.09. The second kappa shape index (κ2) is 9.61. The van der Waals surface area contributed by atoms with Crippen LogP contribution in [-0.2, 0) is 22.7 Å². The minimum absolute atomic E-state index is 0.0405. The number of hydrogen-bond donors (Lipinski definition) is 1. The summed E-state index contributed by atoms with van der Waals surface area (Å²) < 4.78 is 7.91. The number of halogens is 1. The highest BCUT2D eigenvalue weighted by molar-refractivity contribution is 9.10. The summed E-state index contributed by atoms with van der Waals surface area (Å²) >= 11 is 4.90. The summed E-state index contributed by atoms with van der Waals surface area (Å²) in [5, 5.41) is 11.9. The summed E-state index contributed by atoms with van der Waals surface area (Å²) in [6.07, 6.45) is 2.17. The van der Waals surface area contributed by atoms with E-state index in [9.17, 15) is 4.79 Å². The van der Waals surface area contributed by atoms with E-state index in [4.69, 9.17) is 4.74 Å². The number of nitrogens with zero attached hydrogens (tertiary/aromatic N) is 3. The van der Waals surface area contributed by atoms with Crippen molar-refractivity contribution in [2.45, 2.75) is 24.7 Å². The van der Waals surface area contributed by atoms with Crippen LogP contribution in [0.2, 0.25) is 0 Å². The van der Waals surface area contributed by atoms with Gasteiger partial charge in [0, 0.05) is 30.3 Å². The lowest BCUT2D eigenvalue weighted by Gasteiger charge is -2.08. The fourth-order valence-corrected chi connectivity index (χ4v) is 3.27. The third-order valence-corrected chi connectivity index (χ3v) is 4.75. The first-order chi connectivity index (χ1) is 11.7. The number of thioether (sulfide) groups is 1. The van der Waals surface area contributed by atoms with Crippen molar-refractivity contribution >= 4 is 39.3 Å². The van der Waals surface area contributed by atoms with E-state index in [1.807, 2.05) is 28.8 Å². The molecule has 0 fully saturated rings. The third kappa shape index (κ3) is 5.19. The van der Waals surface area contributed by atoms with Gasteiger partial charge in [0.25, 0.3) is 0 Å². The fraction of sp³-hybridized carbons (Fsp3) is 0.312. The Morgan fingerprint density at radius 1 is 1.46 bits per heavy atom. The second-order valence-electron chi connectivity index (χ2n) is 4.86. The standard InChI is InChI=1S/C16H19BrN4O2S/c1-3-9-21-14(11-23-2)19-20-16(21)24-10-8-15(22)18-13-7-5-4-6-12(13)17/h3-7H,1,8-11H2,2H3,(H,18,22). The zero-order valence-electron chi connectivity index (χ0n) is 13.4. The van der Waals surface area contributed by atoms with Gasteiger partial charge in [0.1, 0.15) is 6.61 Å². The number of anilines is 1. The smallest absolute Gasteiger partial charge is 0.225 e. The van der Waals surface area contributed by atoms with Gasteiger partial charge in [-0.15, -0.1) is 16.8 Å². The Bertz CT molecular complexity index is 705. The summed E-state index contributed by atoms with van der Waals surface area (Å²) in [5.41, 5.74) is 0.768. The molecular formula is C16H19BrN4O2S. The van der Waals surface area contributed by atoms with Gasteiger partial charge < -0.3 is 14.6 Å². The molecule has 0 unspecified atom stereocenters. The van der Waals surface area contributed by atoms with E-state index < -0.39 is 0 Å². The number of hydrogen-bond acceptors (Lipinski definition) is 5. The second-order valence-corrected chi connectivity index (χ2v) is 6.77. The van der Waals surface area contributed by atoms with Gasteiger partial charge in [-0.3, -0.25) is 4.79 Å². The molecule has 1 aromatic carbocycles. The highest BCUT2D eigenvalue weighted by Gasteiger charge is 2.12. The number of carbonyl (C=O) groups excluding carboxylic acids is 1. The lowest BCUT2D eigenvalue weighted by atomic mass is 10.3. The molecule has 2 rings (SSSR count). The number of nitrogens with one attached hydrogen (secondary N) is 1. The quantitative estimate of drug-likeness (QED) is 0.505. The van der Waals surface area contributed by atoms with E-state index in [0.29, 0.717) is 25.3 Å². The van der Waals surface area contributed by atoms with Crippen molar-refractivity contribution < 1.29 is 9.53 Å². The van der Waals surface area contributed by atoms with Gasteiger partial charge in [-0.25, -0.2) is 0 Å². The van der Waals surface area contributed by atoms with Gasteiger partial charge in [-0.1, -0.05) is 30.0 Å². The first kappa shape index (κ1) is 18.7. The molecule has 0 spiro atoms. The maximum atomic E-state index is 12.0. The van der Waals surface area contributed by atoms with Crippen molar-refractivity contribution in [2.75, 3.05) is 18.2 Å². The molecule has 0 saturated carbocycles. The van der Waals surface area contributed by atoms with Crippen LogP contribution in [-0.4, -0.2) is 33.5 Å². The maximum absolute atomic E-state index is 12.0. The van der Waals surface area contributed by atoms with Crippen molar-refractivity contribution in [2.24, 2.45) is 0 Å². The highest BCUT2D eigenvalue weighted by Crippen LogP contribution is 2.22. The Labute approximate surface area is 153 Å². The van der Waals surface area contributed by atoms with Crippen LogP contribution in [0.15, 0.2) is 46.5 Å². The summed E-state index contributed by atoms with van der Waals surface area (Å²) in [5.74, 6) is 1.32. The molecule has 0 saturated heterocycles. The van der Waals surface area contributed by atoms with Crippen LogP contribution in [0, 0.1) is 0 Å². The average molecular weight is 411 g/mol. The van der Waals surface area contributed by atoms with E-state index >= 15 is 0 Å². The first-order valence-electron chi connectivity index (χ1n) is 7.34. The van der Waals surface area contributed by atoms with E-state index in [-0.39, 0.29) is 5.91 Å². The summed E-state index contributed by atoms with van der Waals surface area (Å²) in [6, 6.07) is 7.52. The number of aromatic nitrogens is 3. The van der Waals surface area contributed by atoms with Crippen LogP contribution >= 0.6 is 27.7 Å². The Morgan fingerprint density at radius 2 is 2.25 bits per heavy atom. The van der Waals surface area contributed by atoms with Gasteiger partial charge in [-0.2, -0.15) is 0 Å². The van der Waals surface area contributed by atoms with Crippen LogP contribution in [0.3, 0.4) is 0 Å². The molecule has 0 aliphatic heterocycles. The summed E-state index contributed by atoms with van der Waals surface area (Å²) in [7, 11) is 1.62. The first-order valence-corrected chi connectivity index (χ1v) is 9.12. The predicted octanol–water partition coefficient (Wildman–Crippen LogP) is 3.49. The Balaban J connectivity index is 1.88. The molecule has 24 heavy (non-hydrogen) atoms. The van der Waals surface area contributed by atoms with Gasteiger partial charge in [0.05, 0.1) is 5.69 Å². The number of rotatable bonds is 9. The number of amides is 1. The maximum Gasteiger partial charge on any atom is 0.225 e. The van der Waals surface area contributed by atoms with Crippen LogP contribution in [0.1, 0.15) is 12.2 Å². The lowest BCUT2D eigenvalue weighted by Crippen LogP contribution is -2.13. The van der Waals surface area contributed by atoms with Crippen LogP contribution in [0.5, 0.6) is 0 Å². The SMILES string of the molecule is C=CCn1c(COC)nnc1SCCC(=O)Nc1ccccc1Br. The molecule has 128 valence electrons. The lowest BCUT2D eigenvalue weighted by molar-refractivity contribution is -0.115. The van der Waals surface area contributed by atoms with Crippen LogP contribution in [0.4, 0.5) is 5.69 Å². The zero-order chi connectivity index (χ0) is 17.4. The molecule has 1 N–H and O–H groups in total. The topological polar surface area (TPSA) is 69.0 Å². The molecule has 0 bridgehead atoms. The molecular weight excluding hydrogens is 392 g/mol. The molecule has 0 atom stereocenters.